The number of allylic oxidation sites excluding steroid dienone is 1. The molecule has 0 aliphatic carbocycles. The molecule has 2 aromatic carbocycles. The van der Waals surface area contributed by atoms with Crippen LogP contribution in [0.1, 0.15) is 40.4 Å². The number of aromatic nitrogens is 4. The van der Waals surface area contributed by atoms with E-state index in [0.717, 1.165) is 64.7 Å². The molecule has 4 aromatic rings. The zero-order chi connectivity index (χ0) is 25.4. The van der Waals surface area contributed by atoms with Crippen molar-refractivity contribution in [1.82, 2.24) is 24.0 Å². The maximum atomic E-state index is 13.6. The minimum Gasteiger partial charge on any atom is -0.495 e. The Balaban J connectivity index is 1.60. The first kappa shape index (κ1) is 23.5. The molecule has 0 saturated carbocycles. The van der Waals surface area contributed by atoms with Gasteiger partial charge in [-0.05, 0) is 73.4 Å². The second-order valence-electron chi connectivity index (χ2n) is 9.12. The number of halogens is 1. The molecule has 0 atom stereocenters. The van der Waals surface area contributed by atoms with E-state index >= 15 is 0 Å². The molecule has 0 unspecified atom stereocenters. The van der Waals surface area contributed by atoms with Crippen LogP contribution in [0.5, 0.6) is 5.75 Å². The van der Waals surface area contributed by atoms with Crippen LogP contribution in [0.2, 0.25) is 0 Å². The lowest BCUT2D eigenvalue weighted by Crippen LogP contribution is -2.23. The summed E-state index contributed by atoms with van der Waals surface area (Å²) in [7, 11) is 5.07. The molecule has 1 aliphatic heterocycles. The number of carbonyl (C=O) groups is 1. The number of ether oxygens (including phenoxy) is 1. The van der Waals surface area contributed by atoms with Gasteiger partial charge in [-0.15, -0.1) is 0 Å². The summed E-state index contributed by atoms with van der Waals surface area (Å²) < 4.78 is 23.3. The minimum absolute atomic E-state index is 0.183. The van der Waals surface area contributed by atoms with Crippen molar-refractivity contribution in [2.45, 2.75) is 26.3 Å². The van der Waals surface area contributed by atoms with Gasteiger partial charge in [-0.1, -0.05) is 6.07 Å². The number of methoxy groups -OCH3 is 1. The van der Waals surface area contributed by atoms with Crippen LogP contribution in [0.15, 0.2) is 55.0 Å². The Morgan fingerprint density at radius 3 is 2.61 bits per heavy atom. The fraction of sp³-hybridized carbons (Fsp3) is 0.250. The molecule has 0 fully saturated rings. The van der Waals surface area contributed by atoms with E-state index in [-0.39, 0.29) is 11.7 Å². The molecule has 5 rings (SSSR count). The smallest absolute Gasteiger partial charge is 0.274 e. The molecule has 0 bridgehead atoms. The highest BCUT2D eigenvalue weighted by molar-refractivity contribution is 5.99. The second-order valence-corrected chi connectivity index (χ2v) is 9.12. The van der Waals surface area contributed by atoms with Gasteiger partial charge in [-0.25, -0.2) is 14.4 Å². The van der Waals surface area contributed by atoms with Crippen LogP contribution in [0.3, 0.4) is 0 Å². The molecular weight excluding hydrogens is 457 g/mol. The lowest BCUT2D eigenvalue weighted by molar-refractivity contribution is 0.0823. The molecule has 0 N–H and O–H groups in total. The number of carbonyl (C=O) groups excluding carboxylic acids is 1. The van der Waals surface area contributed by atoms with Crippen LogP contribution < -0.4 is 4.74 Å². The van der Waals surface area contributed by atoms with E-state index in [1.165, 1.54) is 17.0 Å². The Hall–Kier alpha value is -4.20. The summed E-state index contributed by atoms with van der Waals surface area (Å²) in [4.78, 5) is 23.7. The summed E-state index contributed by atoms with van der Waals surface area (Å²) in [5.74, 6) is 0.995. The lowest BCUT2D eigenvalue weighted by Gasteiger charge is -2.20. The molecule has 184 valence electrons. The van der Waals surface area contributed by atoms with E-state index < -0.39 is 0 Å². The van der Waals surface area contributed by atoms with Crippen LogP contribution in [0.4, 0.5) is 4.39 Å². The predicted molar refractivity (Wildman–Crippen MR) is 138 cm³/mol. The maximum Gasteiger partial charge on any atom is 0.274 e. The van der Waals surface area contributed by atoms with Gasteiger partial charge in [0.25, 0.3) is 5.91 Å². The van der Waals surface area contributed by atoms with Gasteiger partial charge in [0.2, 0.25) is 0 Å². The topological polar surface area (TPSA) is 65.2 Å². The van der Waals surface area contributed by atoms with Crippen molar-refractivity contribution in [2.75, 3.05) is 21.2 Å². The van der Waals surface area contributed by atoms with Gasteiger partial charge < -0.3 is 18.8 Å². The maximum absolute atomic E-state index is 13.6. The number of nitrogens with zero attached hydrogens (tertiary/aromatic N) is 5. The van der Waals surface area contributed by atoms with Gasteiger partial charge in [0.05, 0.1) is 30.5 Å². The first-order chi connectivity index (χ1) is 17.4. The van der Waals surface area contributed by atoms with Crippen LogP contribution in [0, 0.1) is 12.7 Å². The Kier molecular flexibility index (Phi) is 6.18. The van der Waals surface area contributed by atoms with E-state index in [0.29, 0.717) is 5.69 Å². The third-order valence-corrected chi connectivity index (χ3v) is 6.34. The zero-order valence-corrected chi connectivity index (χ0v) is 20.8. The molecule has 36 heavy (non-hydrogen) atoms. The Labute approximate surface area is 209 Å². The first-order valence-corrected chi connectivity index (χ1v) is 11.8. The van der Waals surface area contributed by atoms with Crippen molar-refractivity contribution in [3.63, 3.8) is 0 Å². The fourth-order valence-electron chi connectivity index (χ4n) is 4.60. The Morgan fingerprint density at radius 1 is 1.17 bits per heavy atom. The van der Waals surface area contributed by atoms with Crippen molar-refractivity contribution in [3.05, 3.63) is 83.6 Å². The summed E-state index contributed by atoms with van der Waals surface area (Å²) >= 11 is 0. The molecule has 0 radical (unpaired) electrons. The SMILES string of the molecule is COc1cc(/C=C2\CCCn3c2nc(C(=O)N(C)C)c3-c2ccc(F)cc2)ccc1-n1cnc(C)c1. The van der Waals surface area contributed by atoms with Gasteiger partial charge in [0.15, 0.2) is 5.69 Å². The van der Waals surface area contributed by atoms with E-state index in [2.05, 4.69) is 15.6 Å². The average molecular weight is 486 g/mol. The third-order valence-electron chi connectivity index (χ3n) is 6.34. The number of fused-ring (bicyclic) bond motifs is 1. The number of imidazole rings is 2. The zero-order valence-electron chi connectivity index (χ0n) is 20.8. The number of rotatable bonds is 5. The minimum atomic E-state index is -0.318. The van der Waals surface area contributed by atoms with Crippen molar-refractivity contribution < 1.29 is 13.9 Å². The highest BCUT2D eigenvalue weighted by atomic mass is 19.1. The van der Waals surface area contributed by atoms with E-state index in [1.807, 2.05) is 35.9 Å². The van der Waals surface area contributed by atoms with Gasteiger partial charge in [0.1, 0.15) is 17.4 Å². The summed E-state index contributed by atoms with van der Waals surface area (Å²) in [6.07, 6.45) is 7.56. The predicted octanol–water partition coefficient (Wildman–Crippen LogP) is 5.23. The molecule has 7 nitrogen and oxygen atoms in total. The van der Waals surface area contributed by atoms with E-state index in [9.17, 15) is 9.18 Å². The summed E-state index contributed by atoms with van der Waals surface area (Å²) in [5, 5.41) is 0. The largest absolute Gasteiger partial charge is 0.495 e. The van der Waals surface area contributed by atoms with Crippen molar-refractivity contribution in [3.8, 4) is 22.7 Å². The summed E-state index contributed by atoms with van der Waals surface area (Å²) in [6, 6.07) is 12.3. The Morgan fingerprint density at radius 2 is 1.94 bits per heavy atom. The number of amides is 1. The number of hydrogen-bond acceptors (Lipinski definition) is 4. The van der Waals surface area contributed by atoms with Crippen LogP contribution in [-0.4, -0.2) is 51.1 Å². The molecule has 0 spiro atoms. The first-order valence-electron chi connectivity index (χ1n) is 11.8. The van der Waals surface area contributed by atoms with Gasteiger partial charge >= 0.3 is 0 Å². The van der Waals surface area contributed by atoms with Crippen LogP contribution in [0.25, 0.3) is 28.6 Å². The average Bonchev–Trinajstić information content (AvgIpc) is 3.48. The second kappa shape index (κ2) is 9.45. The lowest BCUT2D eigenvalue weighted by atomic mass is 10.0. The van der Waals surface area contributed by atoms with Crippen LogP contribution in [-0.2, 0) is 6.54 Å². The highest BCUT2D eigenvalue weighted by Crippen LogP contribution is 2.36. The molecule has 1 amide bonds. The number of hydrogen-bond donors (Lipinski definition) is 0. The molecule has 2 aromatic heterocycles. The highest BCUT2D eigenvalue weighted by Gasteiger charge is 2.28. The fourth-order valence-corrected chi connectivity index (χ4v) is 4.60. The van der Waals surface area contributed by atoms with Gasteiger partial charge in [0, 0.05) is 32.4 Å². The van der Waals surface area contributed by atoms with E-state index in [1.54, 1.807) is 39.7 Å². The molecule has 8 heteroatoms. The normalized spacial score (nSPS) is 14.1. The van der Waals surface area contributed by atoms with Gasteiger partial charge in [-0.2, -0.15) is 0 Å². The van der Waals surface area contributed by atoms with Crippen molar-refractivity contribution in [1.29, 1.82) is 0 Å². The Bertz CT molecular complexity index is 1460. The summed E-state index contributed by atoms with van der Waals surface area (Å²) in [5.41, 5.74) is 5.71. The van der Waals surface area contributed by atoms with Crippen molar-refractivity contribution >= 4 is 17.6 Å². The van der Waals surface area contributed by atoms with Gasteiger partial charge in [-0.3, -0.25) is 4.79 Å². The number of aryl methyl sites for hydroxylation is 1. The number of benzene rings is 2. The van der Waals surface area contributed by atoms with Crippen LogP contribution >= 0.6 is 0 Å². The molecule has 1 aliphatic rings. The molecule has 0 saturated heterocycles. The van der Waals surface area contributed by atoms with E-state index in [4.69, 9.17) is 9.72 Å². The molecular formula is C28H28FN5O2. The molecule has 3 heterocycles. The quantitative estimate of drug-likeness (QED) is 0.388. The standard InChI is InChI=1S/C28H28FN5O2/c1-18-16-33(17-30-18)23-12-7-19(15-24(23)36-4)14-21-6-5-13-34-26(20-8-10-22(29)11-9-20)25(31-27(21)34)28(35)32(2)3/h7-12,14-17H,5-6,13H2,1-4H3/b21-14+. The third kappa shape index (κ3) is 4.30. The van der Waals surface area contributed by atoms with Crippen molar-refractivity contribution in [2.24, 2.45) is 0 Å². The summed E-state index contributed by atoms with van der Waals surface area (Å²) in [6.45, 7) is 2.68. The monoisotopic (exact) mass is 485 g/mol.